The van der Waals surface area contributed by atoms with E-state index in [1.54, 1.807) is 13.0 Å². The predicted molar refractivity (Wildman–Crippen MR) is 89.4 cm³/mol. The van der Waals surface area contributed by atoms with Crippen molar-refractivity contribution < 1.29 is 9.45 Å². The Bertz CT molecular complexity index is 758. The predicted octanol–water partition coefficient (Wildman–Crippen LogP) is 3.97. The van der Waals surface area contributed by atoms with Crippen molar-refractivity contribution in [1.29, 1.82) is 0 Å². The summed E-state index contributed by atoms with van der Waals surface area (Å²) in [5.41, 5.74) is 3.59. The van der Waals surface area contributed by atoms with Crippen molar-refractivity contribution in [2.45, 2.75) is 26.7 Å². The van der Waals surface area contributed by atoms with Gasteiger partial charge in [0, 0.05) is 18.8 Å². The molecular weight excluding hydrogens is 294 g/mol. The van der Waals surface area contributed by atoms with E-state index < -0.39 is 4.92 Å². The van der Waals surface area contributed by atoms with E-state index >= 15 is 0 Å². The van der Waals surface area contributed by atoms with E-state index in [2.05, 4.69) is 22.2 Å². The number of nitrogens with zero attached hydrogens (tertiary/aromatic N) is 3. The van der Waals surface area contributed by atoms with E-state index in [0.29, 0.717) is 0 Å². The van der Waals surface area contributed by atoms with Gasteiger partial charge in [-0.15, -0.1) is 0 Å². The van der Waals surface area contributed by atoms with Crippen LogP contribution in [0.2, 0.25) is 0 Å². The first-order valence-corrected chi connectivity index (χ1v) is 7.70. The highest BCUT2D eigenvalue weighted by Crippen LogP contribution is 2.27. The molecule has 0 radical (unpaired) electrons. The monoisotopic (exact) mass is 313 g/mol. The number of benzene rings is 1. The largest absolute Gasteiger partial charge is 0.372 e. The number of hydrogen-bond donors (Lipinski definition) is 0. The van der Waals surface area contributed by atoms with E-state index in [1.165, 1.54) is 18.5 Å². The molecule has 0 atom stereocenters. The lowest BCUT2D eigenvalue weighted by Gasteiger charge is -2.18. The average molecular weight is 313 g/mol. The van der Waals surface area contributed by atoms with Gasteiger partial charge in [0.15, 0.2) is 5.69 Å². The molecule has 0 N–H and O–H groups in total. The molecule has 0 bridgehead atoms. The molecule has 2 heterocycles. The summed E-state index contributed by atoms with van der Waals surface area (Å²) >= 11 is 0. The molecule has 0 unspecified atom stereocenters. The van der Waals surface area contributed by atoms with Gasteiger partial charge in [0.1, 0.15) is 0 Å². The van der Waals surface area contributed by atoms with Gasteiger partial charge in [-0.25, -0.2) is 0 Å². The summed E-state index contributed by atoms with van der Waals surface area (Å²) in [6.45, 7) is 5.82. The molecule has 6 heteroatoms. The zero-order valence-corrected chi connectivity index (χ0v) is 13.3. The number of rotatable bonds is 4. The molecule has 23 heavy (non-hydrogen) atoms. The molecule has 0 aliphatic carbocycles. The van der Waals surface area contributed by atoms with Crippen molar-refractivity contribution in [1.82, 2.24) is 5.16 Å². The summed E-state index contributed by atoms with van der Waals surface area (Å²) in [4.78, 5) is 13.0. The molecular formula is C17H19N3O3. The number of hydrogen-bond acceptors (Lipinski definition) is 5. The molecule has 1 aliphatic rings. The SMILES string of the molecule is Cc1cc(N2CCCC2)ccc1C=Cc1onc(C)c1[N+](=O)[O-]. The first-order valence-electron chi connectivity index (χ1n) is 7.70. The third-order valence-corrected chi connectivity index (χ3v) is 4.18. The minimum atomic E-state index is -0.463. The van der Waals surface area contributed by atoms with E-state index in [0.717, 1.165) is 24.2 Å². The molecule has 6 nitrogen and oxygen atoms in total. The first-order chi connectivity index (χ1) is 11.1. The van der Waals surface area contributed by atoms with Crippen molar-refractivity contribution >= 4 is 23.5 Å². The van der Waals surface area contributed by atoms with E-state index in [-0.39, 0.29) is 17.1 Å². The van der Waals surface area contributed by atoms with Gasteiger partial charge in [-0.05, 0) is 56.0 Å². The molecule has 0 saturated carbocycles. The molecule has 0 amide bonds. The first kappa shape index (κ1) is 15.3. The second-order valence-corrected chi connectivity index (χ2v) is 5.81. The van der Waals surface area contributed by atoms with Gasteiger partial charge in [0.05, 0.1) is 4.92 Å². The quantitative estimate of drug-likeness (QED) is 0.631. The number of anilines is 1. The van der Waals surface area contributed by atoms with Crippen molar-refractivity contribution in [3.05, 3.63) is 50.9 Å². The fraction of sp³-hybridized carbons (Fsp3) is 0.353. The van der Waals surface area contributed by atoms with Gasteiger partial charge in [-0.2, -0.15) is 0 Å². The van der Waals surface area contributed by atoms with Crippen molar-refractivity contribution in [3.8, 4) is 0 Å². The molecule has 1 fully saturated rings. The summed E-state index contributed by atoms with van der Waals surface area (Å²) in [5, 5.41) is 14.7. The standard InChI is InChI=1S/C17H19N3O3/c1-12-11-15(19-9-3-4-10-19)7-5-14(12)6-8-16-17(20(21)22)13(2)18-23-16/h5-8,11H,3-4,9-10H2,1-2H3. The number of aromatic nitrogens is 1. The molecule has 2 aromatic rings. The zero-order valence-electron chi connectivity index (χ0n) is 13.3. The van der Waals surface area contributed by atoms with Gasteiger partial charge >= 0.3 is 5.69 Å². The Morgan fingerprint density at radius 2 is 2.00 bits per heavy atom. The zero-order chi connectivity index (χ0) is 16.4. The Kier molecular flexibility index (Phi) is 4.14. The minimum absolute atomic E-state index is 0.0763. The maximum absolute atomic E-state index is 11.0. The lowest BCUT2D eigenvalue weighted by molar-refractivity contribution is -0.386. The second kappa shape index (κ2) is 6.24. The fourth-order valence-electron chi connectivity index (χ4n) is 2.90. The Morgan fingerprint density at radius 1 is 1.26 bits per heavy atom. The molecule has 3 rings (SSSR count). The van der Waals surface area contributed by atoms with Crippen LogP contribution in [-0.2, 0) is 0 Å². The van der Waals surface area contributed by atoms with Crippen LogP contribution in [0.25, 0.3) is 12.2 Å². The highest BCUT2D eigenvalue weighted by molar-refractivity contribution is 5.74. The summed E-state index contributed by atoms with van der Waals surface area (Å²) < 4.78 is 5.04. The fourth-order valence-corrected chi connectivity index (χ4v) is 2.90. The molecule has 1 aromatic carbocycles. The topological polar surface area (TPSA) is 72.4 Å². The molecule has 120 valence electrons. The molecule has 1 saturated heterocycles. The lowest BCUT2D eigenvalue weighted by atomic mass is 10.1. The van der Waals surface area contributed by atoms with Crippen LogP contribution in [0, 0.1) is 24.0 Å². The van der Waals surface area contributed by atoms with Crippen molar-refractivity contribution in [2.24, 2.45) is 0 Å². The van der Waals surface area contributed by atoms with Crippen molar-refractivity contribution in [3.63, 3.8) is 0 Å². The van der Waals surface area contributed by atoms with E-state index in [4.69, 9.17) is 4.52 Å². The van der Waals surface area contributed by atoms with Gasteiger partial charge in [-0.1, -0.05) is 17.3 Å². The third-order valence-electron chi connectivity index (χ3n) is 4.18. The van der Waals surface area contributed by atoms with Crippen LogP contribution in [0.4, 0.5) is 11.4 Å². The van der Waals surface area contributed by atoms with Gasteiger partial charge < -0.3 is 9.42 Å². The third kappa shape index (κ3) is 3.11. The Balaban J connectivity index is 1.84. The maximum Gasteiger partial charge on any atom is 0.338 e. The van der Waals surface area contributed by atoms with Crippen LogP contribution in [0.3, 0.4) is 0 Å². The molecule has 0 spiro atoms. The van der Waals surface area contributed by atoms with Crippen LogP contribution in [-0.4, -0.2) is 23.2 Å². The maximum atomic E-state index is 11.0. The molecule has 1 aromatic heterocycles. The van der Waals surface area contributed by atoms with Crippen LogP contribution in [0.1, 0.15) is 35.4 Å². The number of nitro groups is 1. The smallest absolute Gasteiger partial charge is 0.338 e. The Labute approximate surface area is 134 Å². The summed E-state index contributed by atoms with van der Waals surface area (Å²) in [5.74, 6) is 0.176. The lowest BCUT2D eigenvalue weighted by Crippen LogP contribution is -2.17. The highest BCUT2D eigenvalue weighted by atomic mass is 16.6. The van der Waals surface area contributed by atoms with E-state index in [1.807, 2.05) is 19.1 Å². The summed E-state index contributed by atoms with van der Waals surface area (Å²) in [7, 11) is 0. The Morgan fingerprint density at radius 3 is 2.65 bits per heavy atom. The summed E-state index contributed by atoms with van der Waals surface area (Å²) in [6.07, 6.45) is 5.93. The van der Waals surface area contributed by atoms with Crippen LogP contribution in [0.15, 0.2) is 22.7 Å². The molecule has 1 aliphatic heterocycles. The van der Waals surface area contributed by atoms with Gasteiger partial charge in [0.2, 0.25) is 5.76 Å². The van der Waals surface area contributed by atoms with Crippen molar-refractivity contribution in [2.75, 3.05) is 18.0 Å². The second-order valence-electron chi connectivity index (χ2n) is 5.81. The van der Waals surface area contributed by atoms with Gasteiger partial charge in [0.25, 0.3) is 0 Å². The highest BCUT2D eigenvalue weighted by Gasteiger charge is 2.22. The Hall–Kier alpha value is -2.63. The minimum Gasteiger partial charge on any atom is -0.372 e. The summed E-state index contributed by atoms with van der Waals surface area (Å²) in [6, 6.07) is 6.29. The van der Waals surface area contributed by atoms with Crippen LogP contribution < -0.4 is 4.90 Å². The van der Waals surface area contributed by atoms with Crippen LogP contribution in [0.5, 0.6) is 0 Å². The average Bonchev–Trinajstić information content (AvgIpc) is 3.15. The van der Waals surface area contributed by atoms with Gasteiger partial charge in [-0.3, -0.25) is 10.1 Å². The number of aryl methyl sites for hydroxylation is 2. The van der Waals surface area contributed by atoms with E-state index in [9.17, 15) is 10.1 Å². The van der Waals surface area contributed by atoms with Crippen LogP contribution >= 0.6 is 0 Å². The normalized spacial score (nSPS) is 14.8.